The number of nitrogens with one attached hydrogen (secondary N) is 2. The van der Waals surface area contributed by atoms with E-state index in [1.54, 1.807) is 6.92 Å². The van der Waals surface area contributed by atoms with Gasteiger partial charge in [0.25, 0.3) is 5.91 Å². The lowest BCUT2D eigenvalue weighted by Crippen LogP contribution is -2.42. The standard InChI is InChI=1S/C17H28N2O2/c1-11(2)15-8-7-12(3)16(9-15)21-14(5)17(20)19-10-13(4)18-6/h7-9,11,13-14,18H,10H2,1-6H3,(H,19,20). The maximum absolute atomic E-state index is 12.0. The van der Waals surface area contributed by atoms with Crippen molar-refractivity contribution in [3.8, 4) is 5.75 Å². The van der Waals surface area contributed by atoms with Gasteiger partial charge in [-0.25, -0.2) is 0 Å². The number of carbonyl (C=O) groups is 1. The van der Waals surface area contributed by atoms with Gasteiger partial charge in [0.2, 0.25) is 0 Å². The van der Waals surface area contributed by atoms with E-state index >= 15 is 0 Å². The Bertz CT molecular complexity index is 472. The second kappa shape index (κ2) is 8.03. The molecule has 4 heteroatoms. The lowest BCUT2D eigenvalue weighted by Gasteiger charge is -2.19. The van der Waals surface area contributed by atoms with E-state index in [1.165, 1.54) is 5.56 Å². The molecule has 2 N–H and O–H groups in total. The van der Waals surface area contributed by atoms with Crippen LogP contribution in [0.2, 0.25) is 0 Å². The molecule has 0 bridgehead atoms. The highest BCUT2D eigenvalue weighted by Gasteiger charge is 2.16. The summed E-state index contributed by atoms with van der Waals surface area (Å²) in [5.74, 6) is 1.13. The van der Waals surface area contributed by atoms with Crippen LogP contribution >= 0.6 is 0 Å². The van der Waals surface area contributed by atoms with Crippen LogP contribution in [0.25, 0.3) is 0 Å². The predicted octanol–water partition coefficient (Wildman–Crippen LogP) is 2.61. The van der Waals surface area contributed by atoms with Gasteiger partial charge in [-0.2, -0.15) is 0 Å². The highest BCUT2D eigenvalue weighted by Crippen LogP contribution is 2.25. The molecule has 1 aromatic carbocycles. The number of carbonyl (C=O) groups excluding carboxylic acids is 1. The Labute approximate surface area is 128 Å². The second-order valence-electron chi connectivity index (χ2n) is 5.87. The Morgan fingerprint density at radius 3 is 2.48 bits per heavy atom. The normalized spacial score (nSPS) is 13.9. The van der Waals surface area contributed by atoms with Gasteiger partial charge in [0.05, 0.1) is 0 Å². The highest BCUT2D eigenvalue weighted by atomic mass is 16.5. The quantitative estimate of drug-likeness (QED) is 0.812. The zero-order chi connectivity index (χ0) is 16.0. The average Bonchev–Trinajstić information content (AvgIpc) is 2.46. The molecule has 2 unspecified atom stereocenters. The van der Waals surface area contributed by atoms with E-state index < -0.39 is 6.10 Å². The third-order valence-corrected chi connectivity index (χ3v) is 3.63. The number of ether oxygens (including phenoxy) is 1. The van der Waals surface area contributed by atoms with Crippen molar-refractivity contribution in [2.24, 2.45) is 0 Å². The Hall–Kier alpha value is -1.55. The monoisotopic (exact) mass is 292 g/mol. The topological polar surface area (TPSA) is 50.4 Å². The summed E-state index contributed by atoms with van der Waals surface area (Å²) in [6, 6.07) is 6.41. The summed E-state index contributed by atoms with van der Waals surface area (Å²) in [6.45, 7) is 10.7. The number of amides is 1. The summed E-state index contributed by atoms with van der Waals surface area (Å²) in [5, 5.41) is 5.97. The van der Waals surface area contributed by atoms with Crippen molar-refractivity contribution in [2.75, 3.05) is 13.6 Å². The van der Waals surface area contributed by atoms with E-state index in [1.807, 2.05) is 33.0 Å². The molecule has 1 amide bonds. The highest BCUT2D eigenvalue weighted by molar-refractivity contribution is 5.80. The molecule has 0 radical (unpaired) electrons. The second-order valence-corrected chi connectivity index (χ2v) is 5.87. The van der Waals surface area contributed by atoms with Gasteiger partial charge in [0, 0.05) is 12.6 Å². The third kappa shape index (κ3) is 5.38. The first-order valence-electron chi connectivity index (χ1n) is 7.57. The van der Waals surface area contributed by atoms with Crippen molar-refractivity contribution >= 4 is 5.91 Å². The molecule has 21 heavy (non-hydrogen) atoms. The van der Waals surface area contributed by atoms with Gasteiger partial charge in [-0.3, -0.25) is 4.79 Å². The van der Waals surface area contributed by atoms with E-state index in [4.69, 9.17) is 4.74 Å². The first-order valence-corrected chi connectivity index (χ1v) is 7.57. The summed E-state index contributed by atoms with van der Waals surface area (Å²) in [7, 11) is 1.87. The van der Waals surface area contributed by atoms with Crippen LogP contribution in [0.15, 0.2) is 18.2 Å². The summed E-state index contributed by atoms with van der Waals surface area (Å²) in [4.78, 5) is 12.0. The molecular formula is C17H28N2O2. The number of hydrogen-bond donors (Lipinski definition) is 2. The molecular weight excluding hydrogens is 264 g/mol. The minimum atomic E-state index is -0.504. The molecule has 0 aliphatic rings. The van der Waals surface area contributed by atoms with Crippen LogP contribution in [0.4, 0.5) is 0 Å². The van der Waals surface area contributed by atoms with E-state index in [0.717, 1.165) is 11.3 Å². The lowest BCUT2D eigenvalue weighted by molar-refractivity contribution is -0.127. The number of rotatable bonds is 7. The SMILES string of the molecule is CNC(C)CNC(=O)C(C)Oc1cc(C(C)C)ccc1C. The van der Waals surface area contributed by atoms with Gasteiger partial charge in [-0.05, 0) is 50.9 Å². The Balaban J connectivity index is 2.67. The number of benzene rings is 1. The Morgan fingerprint density at radius 2 is 1.90 bits per heavy atom. The largest absolute Gasteiger partial charge is 0.481 e. The molecule has 0 saturated heterocycles. The molecule has 0 aliphatic heterocycles. The van der Waals surface area contributed by atoms with E-state index in [-0.39, 0.29) is 11.9 Å². The molecule has 2 atom stereocenters. The number of hydrogen-bond acceptors (Lipinski definition) is 3. The van der Waals surface area contributed by atoms with Crippen LogP contribution in [0.3, 0.4) is 0 Å². The van der Waals surface area contributed by atoms with Gasteiger partial charge in [0.15, 0.2) is 6.10 Å². The van der Waals surface area contributed by atoms with Gasteiger partial charge in [0.1, 0.15) is 5.75 Å². The first kappa shape index (κ1) is 17.5. The van der Waals surface area contributed by atoms with Gasteiger partial charge >= 0.3 is 0 Å². The summed E-state index contributed by atoms with van der Waals surface area (Å²) < 4.78 is 5.83. The van der Waals surface area contributed by atoms with Crippen LogP contribution in [0.1, 0.15) is 44.7 Å². The van der Waals surface area contributed by atoms with Crippen LogP contribution in [0, 0.1) is 6.92 Å². The molecule has 0 fully saturated rings. The Morgan fingerprint density at radius 1 is 1.24 bits per heavy atom. The van der Waals surface area contributed by atoms with Crippen LogP contribution in [-0.2, 0) is 4.79 Å². The van der Waals surface area contributed by atoms with Crippen molar-refractivity contribution in [3.05, 3.63) is 29.3 Å². The first-order chi connectivity index (χ1) is 9.85. The Kier molecular flexibility index (Phi) is 6.69. The lowest BCUT2D eigenvalue weighted by atomic mass is 10.0. The van der Waals surface area contributed by atoms with Gasteiger partial charge in [-0.15, -0.1) is 0 Å². The molecule has 0 aliphatic carbocycles. The van der Waals surface area contributed by atoms with E-state index in [0.29, 0.717) is 12.5 Å². The fourth-order valence-electron chi connectivity index (χ4n) is 1.85. The molecule has 0 aromatic heterocycles. The fraction of sp³-hybridized carbons (Fsp3) is 0.588. The zero-order valence-electron chi connectivity index (χ0n) is 14.0. The molecule has 4 nitrogen and oxygen atoms in total. The smallest absolute Gasteiger partial charge is 0.260 e. The van der Waals surface area contributed by atoms with Crippen LogP contribution < -0.4 is 15.4 Å². The number of aryl methyl sites for hydroxylation is 1. The van der Waals surface area contributed by atoms with E-state index in [9.17, 15) is 4.79 Å². The summed E-state index contributed by atoms with van der Waals surface area (Å²) in [6.07, 6.45) is -0.504. The summed E-state index contributed by atoms with van der Waals surface area (Å²) in [5.41, 5.74) is 2.26. The van der Waals surface area contributed by atoms with Gasteiger partial charge < -0.3 is 15.4 Å². The van der Waals surface area contributed by atoms with Crippen LogP contribution in [-0.4, -0.2) is 31.6 Å². The molecule has 1 aromatic rings. The third-order valence-electron chi connectivity index (χ3n) is 3.63. The van der Waals surface area contributed by atoms with Crippen molar-refractivity contribution in [2.45, 2.75) is 52.7 Å². The molecule has 118 valence electrons. The zero-order valence-corrected chi connectivity index (χ0v) is 14.0. The molecule has 0 spiro atoms. The minimum Gasteiger partial charge on any atom is -0.481 e. The van der Waals surface area contributed by atoms with Crippen molar-refractivity contribution in [1.82, 2.24) is 10.6 Å². The van der Waals surface area contributed by atoms with Crippen molar-refractivity contribution in [1.29, 1.82) is 0 Å². The summed E-state index contributed by atoms with van der Waals surface area (Å²) >= 11 is 0. The average molecular weight is 292 g/mol. The van der Waals surface area contributed by atoms with E-state index in [2.05, 4.69) is 30.5 Å². The molecule has 0 saturated carbocycles. The molecule has 0 heterocycles. The fourth-order valence-corrected chi connectivity index (χ4v) is 1.85. The maximum Gasteiger partial charge on any atom is 0.260 e. The number of likely N-dealkylation sites (N-methyl/N-ethyl adjacent to an activating group) is 1. The van der Waals surface area contributed by atoms with Crippen LogP contribution in [0.5, 0.6) is 5.75 Å². The predicted molar refractivity (Wildman–Crippen MR) is 86.9 cm³/mol. The van der Waals surface area contributed by atoms with Gasteiger partial charge in [-0.1, -0.05) is 26.0 Å². The maximum atomic E-state index is 12.0. The molecule has 1 rings (SSSR count). The van der Waals surface area contributed by atoms with Crippen molar-refractivity contribution in [3.63, 3.8) is 0 Å². The van der Waals surface area contributed by atoms with Crippen molar-refractivity contribution < 1.29 is 9.53 Å². The minimum absolute atomic E-state index is 0.0912.